The van der Waals surface area contributed by atoms with E-state index in [-0.39, 0.29) is 6.04 Å². The molecule has 6 heteroatoms. The molecule has 0 bridgehead atoms. The van der Waals surface area contributed by atoms with E-state index in [9.17, 15) is 10.2 Å². The molecule has 94 valence electrons. The molecule has 6 nitrogen and oxygen atoms in total. The van der Waals surface area contributed by atoms with E-state index in [0.29, 0.717) is 12.8 Å². The van der Waals surface area contributed by atoms with Crippen molar-refractivity contribution >= 4 is 11.6 Å². The van der Waals surface area contributed by atoms with E-state index < -0.39 is 12.2 Å². The van der Waals surface area contributed by atoms with Gasteiger partial charge < -0.3 is 20.4 Å². The molecular formula is C11H18N4O2. The van der Waals surface area contributed by atoms with Crippen LogP contribution >= 0.6 is 0 Å². The summed E-state index contributed by atoms with van der Waals surface area (Å²) in [7, 11) is 3.82. The van der Waals surface area contributed by atoms with Crippen molar-refractivity contribution in [1.82, 2.24) is 9.97 Å². The number of aliphatic hydroxyl groups is 2. The molecule has 1 aromatic rings. The molecule has 1 saturated carbocycles. The summed E-state index contributed by atoms with van der Waals surface area (Å²) in [5.41, 5.74) is 0. The average Bonchev–Trinajstić information content (AvgIpc) is 2.58. The Morgan fingerprint density at radius 1 is 1.24 bits per heavy atom. The number of rotatable bonds is 3. The molecule has 0 amide bonds. The van der Waals surface area contributed by atoms with E-state index >= 15 is 0 Å². The van der Waals surface area contributed by atoms with E-state index in [4.69, 9.17) is 0 Å². The first-order chi connectivity index (χ1) is 8.06. The summed E-state index contributed by atoms with van der Waals surface area (Å²) in [6.07, 6.45) is 1.31. The maximum Gasteiger partial charge on any atom is 0.133 e. The normalized spacial score (nSPS) is 28.1. The summed E-state index contributed by atoms with van der Waals surface area (Å²) < 4.78 is 0. The van der Waals surface area contributed by atoms with Gasteiger partial charge in [-0.1, -0.05) is 0 Å². The van der Waals surface area contributed by atoms with Gasteiger partial charge in [0, 0.05) is 26.2 Å². The number of aromatic nitrogens is 2. The topological polar surface area (TPSA) is 81.5 Å². The van der Waals surface area contributed by atoms with Gasteiger partial charge >= 0.3 is 0 Å². The fourth-order valence-electron chi connectivity index (χ4n) is 1.99. The Morgan fingerprint density at radius 3 is 2.47 bits per heavy atom. The lowest BCUT2D eigenvalue weighted by atomic mass is 10.2. The molecule has 1 heterocycles. The predicted octanol–water partition coefficient (Wildman–Crippen LogP) is -0.161. The molecule has 2 rings (SSSR count). The highest BCUT2D eigenvalue weighted by Crippen LogP contribution is 2.23. The molecule has 0 spiro atoms. The third-order valence-corrected chi connectivity index (χ3v) is 2.96. The van der Waals surface area contributed by atoms with E-state index in [1.807, 2.05) is 25.1 Å². The van der Waals surface area contributed by atoms with Crippen LogP contribution in [0.3, 0.4) is 0 Å². The molecule has 1 fully saturated rings. The summed E-state index contributed by atoms with van der Waals surface area (Å²) in [5.74, 6) is 1.54. The van der Waals surface area contributed by atoms with Gasteiger partial charge in [-0.15, -0.1) is 0 Å². The van der Waals surface area contributed by atoms with Gasteiger partial charge in [-0.05, 0) is 12.8 Å². The zero-order valence-corrected chi connectivity index (χ0v) is 10.0. The second-order valence-corrected chi connectivity index (χ2v) is 4.60. The molecule has 1 aliphatic carbocycles. The largest absolute Gasteiger partial charge is 0.390 e. The smallest absolute Gasteiger partial charge is 0.133 e. The fraction of sp³-hybridized carbons (Fsp3) is 0.636. The van der Waals surface area contributed by atoms with E-state index in [1.54, 1.807) is 0 Å². The minimum Gasteiger partial charge on any atom is -0.390 e. The highest BCUT2D eigenvalue weighted by Gasteiger charge is 2.31. The Kier molecular flexibility index (Phi) is 3.44. The highest BCUT2D eigenvalue weighted by atomic mass is 16.3. The van der Waals surface area contributed by atoms with Crippen molar-refractivity contribution in [3.8, 4) is 0 Å². The van der Waals surface area contributed by atoms with Gasteiger partial charge in [0.25, 0.3) is 0 Å². The molecule has 0 aliphatic heterocycles. The number of nitrogens with zero attached hydrogens (tertiary/aromatic N) is 3. The Hall–Kier alpha value is -1.40. The molecule has 3 N–H and O–H groups in total. The molecule has 0 radical (unpaired) electrons. The second-order valence-electron chi connectivity index (χ2n) is 4.60. The summed E-state index contributed by atoms with van der Waals surface area (Å²) in [6, 6.07) is 1.90. The zero-order valence-electron chi connectivity index (χ0n) is 10.0. The SMILES string of the molecule is CN(C)c1cc(NC2C[C@@H](O)[C@@H](O)C2)ncn1. The van der Waals surface area contributed by atoms with Gasteiger partial charge in [-0.2, -0.15) is 0 Å². The lowest BCUT2D eigenvalue weighted by molar-refractivity contribution is 0.0438. The first kappa shape index (κ1) is 12.1. The zero-order chi connectivity index (χ0) is 12.4. The standard InChI is InChI=1S/C11H18N4O2/c1-15(2)11-5-10(12-6-13-11)14-7-3-8(16)9(17)4-7/h5-9,16-17H,3-4H2,1-2H3,(H,12,13,14)/t7?,8-,9+. The van der Waals surface area contributed by atoms with Crippen molar-refractivity contribution < 1.29 is 10.2 Å². The molecule has 0 saturated heterocycles. The molecule has 1 aliphatic rings. The van der Waals surface area contributed by atoms with Gasteiger partial charge in [0.2, 0.25) is 0 Å². The van der Waals surface area contributed by atoms with Crippen molar-refractivity contribution in [2.75, 3.05) is 24.3 Å². The van der Waals surface area contributed by atoms with Crippen molar-refractivity contribution in [3.63, 3.8) is 0 Å². The van der Waals surface area contributed by atoms with Gasteiger partial charge in [0.15, 0.2) is 0 Å². The Morgan fingerprint density at radius 2 is 1.88 bits per heavy atom. The molecule has 1 aromatic heterocycles. The third-order valence-electron chi connectivity index (χ3n) is 2.96. The highest BCUT2D eigenvalue weighted by molar-refractivity contribution is 5.48. The minimum absolute atomic E-state index is 0.0601. The Labute approximate surface area is 100 Å². The van der Waals surface area contributed by atoms with Crippen LogP contribution in [0.2, 0.25) is 0 Å². The second kappa shape index (κ2) is 4.85. The number of hydrogen-bond acceptors (Lipinski definition) is 6. The summed E-state index contributed by atoms with van der Waals surface area (Å²) in [6.45, 7) is 0. The molecular weight excluding hydrogens is 220 g/mol. The van der Waals surface area contributed by atoms with Crippen molar-refractivity contribution in [2.45, 2.75) is 31.1 Å². The maximum atomic E-state index is 9.46. The maximum absolute atomic E-state index is 9.46. The van der Waals surface area contributed by atoms with Crippen LogP contribution in [0.25, 0.3) is 0 Å². The lowest BCUT2D eigenvalue weighted by Gasteiger charge is -2.15. The number of nitrogens with one attached hydrogen (secondary N) is 1. The summed E-state index contributed by atoms with van der Waals surface area (Å²) in [5, 5.41) is 22.1. The van der Waals surface area contributed by atoms with Crippen molar-refractivity contribution in [1.29, 1.82) is 0 Å². The molecule has 0 aromatic carbocycles. The van der Waals surface area contributed by atoms with Crippen molar-refractivity contribution in [2.24, 2.45) is 0 Å². The van der Waals surface area contributed by atoms with Gasteiger partial charge in [0.05, 0.1) is 12.2 Å². The number of anilines is 2. The predicted molar refractivity (Wildman–Crippen MR) is 65.0 cm³/mol. The monoisotopic (exact) mass is 238 g/mol. The van der Waals surface area contributed by atoms with Crippen LogP contribution in [-0.4, -0.2) is 52.5 Å². The van der Waals surface area contributed by atoms with E-state index in [1.165, 1.54) is 6.33 Å². The molecule has 3 atom stereocenters. The molecule has 1 unspecified atom stereocenters. The van der Waals surface area contributed by atoms with Crippen LogP contribution in [0.5, 0.6) is 0 Å². The van der Waals surface area contributed by atoms with Gasteiger partial charge in [0.1, 0.15) is 18.0 Å². The lowest BCUT2D eigenvalue weighted by Crippen LogP contribution is -2.18. The Balaban J connectivity index is 2.02. The van der Waals surface area contributed by atoms with Crippen LogP contribution in [0.15, 0.2) is 12.4 Å². The summed E-state index contributed by atoms with van der Waals surface area (Å²) >= 11 is 0. The van der Waals surface area contributed by atoms with Crippen LogP contribution in [0, 0.1) is 0 Å². The van der Waals surface area contributed by atoms with Gasteiger partial charge in [-0.3, -0.25) is 0 Å². The Bertz CT molecular complexity index is 375. The van der Waals surface area contributed by atoms with Crippen LogP contribution < -0.4 is 10.2 Å². The number of aliphatic hydroxyl groups excluding tert-OH is 2. The first-order valence-electron chi connectivity index (χ1n) is 5.68. The van der Waals surface area contributed by atoms with Crippen molar-refractivity contribution in [3.05, 3.63) is 12.4 Å². The third kappa shape index (κ3) is 2.83. The van der Waals surface area contributed by atoms with E-state index in [2.05, 4.69) is 15.3 Å². The fourth-order valence-corrected chi connectivity index (χ4v) is 1.99. The average molecular weight is 238 g/mol. The van der Waals surface area contributed by atoms with Crippen LogP contribution in [0.1, 0.15) is 12.8 Å². The van der Waals surface area contributed by atoms with Crippen LogP contribution in [-0.2, 0) is 0 Å². The number of hydrogen-bond donors (Lipinski definition) is 3. The summed E-state index contributed by atoms with van der Waals surface area (Å²) in [4.78, 5) is 10.1. The minimum atomic E-state index is -0.636. The van der Waals surface area contributed by atoms with E-state index in [0.717, 1.165) is 11.6 Å². The van der Waals surface area contributed by atoms with Gasteiger partial charge in [-0.25, -0.2) is 9.97 Å². The van der Waals surface area contributed by atoms with Crippen LogP contribution in [0.4, 0.5) is 11.6 Å². The first-order valence-corrected chi connectivity index (χ1v) is 5.68. The quantitative estimate of drug-likeness (QED) is 0.679. The molecule has 17 heavy (non-hydrogen) atoms.